The number of hydrogen-bond donors (Lipinski definition) is 1. The van der Waals surface area contributed by atoms with E-state index < -0.39 is 11.0 Å². The summed E-state index contributed by atoms with van der Waals surface area (Å²) < 4.78 is 0. The summed E-state index contributed by atoms with van der Waals surface area (Å²) in [6.45, 7) is 2.05. The van der Waals surface area contributed by atoms with Crippen molar-refractivity contribution >= 4 is 11.6 Å². The molecule has 1 aromatic rings. The maximum absolute atomic E-state index is 12.0. The fourth-order valence-corrected chi connectivity index (χ4v) is 1.45. The number of aliphatic hydroxyl groups is 1. The van der Waals surface area contributed by atoms with Gasteiger partial charge in [0, 0.05) is 31.3 Å². The molecule has 0 heterocycles. The molecule has 0 bridgehead atoms. The van der Waals surface area contributed by atoms with Gasteiger partial charge in [0.2, 0.25) is 0 Å². The van der Waals surface area contributed by atoms with Crippen molar-refractivity contribution in [1.29, 1.82) is 0 Å². The van der Waals surface area contributed by atoms with Crippen LogP contribution in [0.15, 0.2) is 24.3 Å². The largest absolute Gasteiger partial charge is 0.393 e. The number of hydrogen-bond acceptors (Lipinski definition) is 4. The van der Waals surface area contributed by atoms with Gasteiger partial charge in [-0.15, -0.1) is 0 Å². The van der Waals surface area contributed by atoms with Gasteiger partial charge in [-0.25, -0.2) is 0 Å². The Morgan fingerprint density at radius 3 is 2.78 bits per heavy atom. The summed E-state index contributed by atoms with van der Waals surface area (Å²) in [4.78, 5) is 23.5. The summed E-state index contributed by atoms with van der Waals surface area (Å²) in [7, 11) is 1.60. The van der Waals surface area contributed by atoms with Crippen LogP contribution in [0.4, 0.5) is 5.69 Å². The molecule has 6 nitrogen and oxygen atoms in total. The fourth-order valence-electron chi connectivity index (χ4n) is 1.45. The monoisotopic (exact) mass is 252 g/mol. The van der Waals surface area contributed by atoms with E-state index in [4.69, 9.17) is 5.11 Å². The number of nitro benzene ring substituents is 1. The van der Waals surface area contributed by atoms with Gasteiger partial charge in [0.05, 0.1) is 11.0 Å². The summed E-state index contributed by atoms with van der Waals surface area (Å²) in [6, 6.07) is 5.61. The molecule has 1 aromatic carbocycles. The summed E-state index contributed by atoms with van der Waals surface area (Å²) in [5.41, 5.74) is 0.169. The molecular weight excluding hydrogens is 236 g/mol. The molecule has 0 saturated heterocycles. The van der Waals surface area contributed by atoms with Gasteiger partial charge in [0.1, 0.15) is 0 Å². The molecule has 0 aliphatic heterocycles. The molecule has 1 amide bonds. The molecule has 0 aliphatic carbocycles. The molecule has 0 radical (unpaired) electrons. The number of nitro groups is 1. The van der Waals surface area contributed by atoms with E-state index in [0.29, 0.717) is 13.0 Å². The Bertz CT molecular complexity index is 445. The summed E-state index contributed by atoms with van der Waals surface area (Å²) >= 11 is 0. The second-order valence-corrected chi connectivity index (χ2v) is 4.17. The smallest absolute Gasteiger partial charge is 0.270 e. The van der Waals surface area contributed by atoms with Gasteiger partial charge in [-0.05, 0) is 19.4 Å². The van der Waals surface area contributed by atoms with Crippen LogP contribution in [0.3, 0.4) is 0 Å². The van der Waals surface area contributed by atoms with Gasteiger partial charge in [-0.3, -0.25) is 14.9 Å². The summed E-state index contributed by atoms with van der Waals surface area (Å²) in [6.07, 6.45) is -0.0117. The highest BCUT2D eigenvalue weighted by Crippen LogP contribution is 2.14. The minimum Gasteiger partial charge on any atom is -0.393 e. The molecule has 98 valence electrons. The van der Waals surface area contributed by atoms with Gasteiger partial charge in [0.25, 0.3) is 11.6 Å². The minimum absolute atomic E-state index is 0.107. The zero-order valence-corrected chi connectivity index (χ0v) is 10.4. The van der Waals surface area contributed by atoms with Crippen molar-refractivity contribution < 1.29 is 14.8 Å². The molecular formula is C12H16N2O4. The van der Waals surface area contributed by atoms with Crippen molar-refractivity contribution in [3.8, 4) is 0 Å². The van der Waals surface area contributed by atoms with E-state index in [9.17, 15) is 14.9 Å². The van der Waals surface area contributed by atoms with E-state index in [2.05, 4.69) is 0 Å². The highest BCUT2D eigenvalue weighted by Gasteiger charge is 2.15. The van der Waals surface area contributed by atoms with Gasteiger partial charge in [-0.1, -0.05) is 6.07 Å². The predicted octanol–water partition coefficient (Wildman–Crippen LogP) is 1.44. The molecule has 0 spiro atoms. The molecule has 1 rings (SSSR count). The third-order valence-corrected chi connectivity index (χ3v) is 2.53. The number of benzene rings is 1. The van der Waals surface area contributed by atoms with E-state index in [1.807, 2.05) is 0 Å². The van der Waals surface area contributed by atoms with Crippen LogP contribution in [0.1, 0.15) is 23.7 Å². The van der Waals surface area contributed by atoms with Crippen LogP contribution in [0.25, 0.3) is 0 Å². The predicted molar refractivity (Wildman–Crippen MR) is 66.4 cm³/mol. The van der Waals surface area contributed by atoms with Crippen LogP contribution in [0.2, 0.25) is 0 Å². The maximum atomic E-state index is 12.0. The van der Waals surface area contributed by atoms with Gasteiger partial charge >= 0.3 is 0 Å². The van der Waals surface area contributed by atoms with Crippen molar-refractivity contribution in [2.24, 2.45) is 0 Å². The topological polar surface area (TPSA) is 83.7 Å². The number of carbonyl (C=O) groups excluding carboxylic acids is 1. The van der Waals surface area contributed by atoms with Gasteiger partial charge in [0.15, 0.2) is 0 Å². The quantitative estimate of drug-likeness (QED) is 0.634. The average molecular weight is 252 g/mol. The third kappa shape index (κ3) is 3.81. The van der Waals surface area contributed by atoms with Gasteiger partial charge < -0.3 is 10.0 Å². The Morgan fingerprint density at radius 2 is 2.22 bits per heavy atom. The summed E-state index contributed by atoms with van der Waals surface area (Å²) in [5, 5.41) is 19.8. The Balaban J connectivity index is 2.77. The van der Waals surface area contributed by atoms with Crippen molar-refractivity contribution in [2.45, 2.75) is 19.4 Å². The second-order valence-electron chi connectivity index (χ2n) is 4.17. The molecule has 18 heavy (non-hydrogen) atoms. The normalized spacial score (nSPS) is 11.9. The lowest BCUT2D eigenvalue weighted by Crippen LogP contribution is -2.29. The van der Waals surface area contributed by atoms with Crippen molar-refractivity contribution in [3.63, 3.8) is 0 Å². The average Bonchev–Trinajstić information content (AvgIpc) is 2.35. The van der Waals surface area contributed by atoms with Crippen molar-refractivity contribution in [2.75, 3.05) is 13.6 Å². The Labute approximate surface area is 105 Å². The Kier molecular flexibility index (Phi) is 4.79. The molecule has 6 heteroatoms. The van der Waals surface area contributed by atoms with Crippen LogP contribution < -0.4 is 0 Å². The highest BCUT2D eigenvalue weighted by molar-refractivity contribution is 5.94. The van der Waals surface area contributed by atoms with E-state index in [-0.39, 0.29) is 17.2 Å². The molecule has 0 saturated carbocycles. The number of nitrogens with zero attached hydrogens (tertiary/aromatic N) is 2. The third-order valence-electron chi connectivity index (χ3n) is 2.53. The van der Waals surface area contributed by atoms with Crippen LogP contribution in [0, 0.1) is 10.1 Å². The highest BCUT2D eigenvalue weighted by atomic mass is 16.6. The van der Waals surface area contributed by atoms with E-state index in [0.717, 1.165) is 0 Å². The molecule has 0 fully saturated rings. The van der Waals surface area contributed by atoms with Crippen LogP contribution in [-0.2, 0) is 0 Å². The molecule has 1 unspecified atom stereocenters. The molecule has 1 atom stereocenters. The molecule has 1 N–H and O–H groups in total. The first-order valence-electron chi connectivity index (χ1n) is 5.60. The first kappa shape index (κ1) is 14.1. The first-order chi connectivity index (χ1) is 8.41. The van der Waals surface area contributed by atoms with Crippen molar-refractivity contribution in [1.82, 2.24) is 4.90 Å². The molecule has 0 aliphatic rings. The first-order valence-corrected chi connectivity index (χ1v) is 5.60. The van der Waals surface area contributed by atoms with E-state index >= 15 is 0 Å². The SMILES string of the molecule is CC(O)CCN(C)C(=O)c1cccc([N+](=O)[O-])c1. The number of amides is 1. The van der Waals surface area contributed by atoms with Gasteiger partial charge in [-0.2, -0.15) is 0 Å². The fraction of sp³-hybridized carbons (Fsp3) is 0.417. The number of rotatable bonds is 5. The second kappa shape index (κ2) is 6.11. The van der Waals surface area contributed by atoms with Crippen LogP contribution in [0.5, 0.6) is 0 Å². The van der Waals surface area contributed by atoms with Crippen LogP contribution >= 0.6 is 0 Å². The zero-order chi connectivity index (χ0) is 13.7. The number of aliphatic hydroxyl groups excluding tert-OH is 1. The maximum Gasteiger partial charge on any atom is 0.270 e. The Morgan fingerprint density at radius 1 is 1.56 bits per heavy atom. The lowest BCUT2D eigenvalue weighted by atomic mass is 10.1. The minimum atomic E-state index is -0.535. The standard InChI is InChI=1S/C12H16N2O4/c1-9(15)6-7-13(2)12(16)10-4-3-5-11(8-10)14(17)18/h3-5,8-9,15H,6-7H2,1-2H3. The lowest BCUT2D eigenvalue weighted by Gasteiger charge is -2.17. The Hall–Kier alpha value is -1.95. The summed E-state index contributed by atoms with van der Waals surface area (Å²) in [5.74, 6) is -0.292. The van der Waals surface area contributed by atoms with E-state index in [1.165, 1.54) is 29.2 Å². The molecule has 0 aromatic heterocycles. The lowest BCUT2D eigenvalue weighted by molar-refractivity contribution is -0.384. The zero-order valence-electron chi connectivity index (χ0n) is 10.4. The number of non-ortho nitro benzene ring substituents is 1. The van der Waals surface area contributed by atoms with Crippen molar-refractivity contribution in [3.05, 3.63) is 39.9 Å². The van der Waals surface area contributed by atoms with E-state index in [1.54, 1.807) is 14.0 Å². The van der Waals surface area contributed by atoms with Crippen LogP contribution in [-0.4, -0.2) is 40.5 Å². The number of carbonyl (C=O) groups is 1.